The first kappa shape index (κ1) is 18.4. The number of piperidine rings is 1. The molecule has 2 aromatic rings. The lowest BCUT2D eigenvalue weighted by atomic mass is 9.71. The van der Waals surface area contributed by atoms with Crippen molar-refractivity contribution in [2.45, 2.75) is 51.0 Å². The van der Waals surface area contributed by atoms with E-state index in [0.29, 0.717) is 19.4 Å². The molecule has 1 aliphatic heterocycles. The molecule has 0 N–H and O–H groups in total. The van der Waals surface area contributed by atoms with E-state index in [-0.39, 0.29) is 29.8 Å². The molecule has 2 fully saturated rings. The van der Waals surface area contributed by atoms with Crippen molar-refractivity contribution >= 4 is 33.4 Å². The number of carbonyl (C=O) groups is 2. The Morgan fingerprint density at radius 2 is 2.04 bits per heavy atom. The summed E-state index contributed by atoms with van der Waals surface area (Å²) in [6.07, 6.45) is 6.20. The number of thiazole rings is 1. The standard InChI is InChI=1S/C21H26N2O3S/c1-26-21(25)15-12-13-23(17-8-4-2-6-14(15)17)20(24)11-10-19-22-16-7-3-5-9-18(16)27-19/h3,5,7,9,14-15,17H,2,4,6,8,10-13H2,1H3. The van der Waals surface area contributed by atoms with Crippen LogP contribution >= 0.6 is 11.3 Å². The van der Waals surface area contributed by atoms with Crippen LogP contribution in [0, 0.1) is 11.8 Å². The molecule has 1 aliphatic carbocycles. The van der Waals surface area contributed by atoms with Crippen molar-refractivity contribution in [2.75, 3.05) is 13.7 Å². The molecular weight excluding hydrogens is 360 g/mol. The molecule has 1 aromatic heterocycles. The van der Waals surface area contributed by atoms with Gasteiger partial charge in [0.25, 0.3) is 0 Å². The maximum absolute atomic E-state index is 13.0. The SMILES string of the molecule is COC(=O)C1CCN(C(=O)CCc2nc3ccccc3s2)C2CCCCC12. The second-order valence-corrected chi connectivity index (χ2v) is 8.71. The number of benzene rings is 1. The molecule has 1 saturated carbocycles. The summed E-state index contributed by atoms with van der Waals surface area (Å²) in [5, 5.41) is 1.02. The van der Waals surface area contributed by atoms with Crippen LogP contribution in [0.15, 0.2) is 24.3 Å². The number of nitrogens with zero attached hydrogens (tertiary/aromatic N) is 2. The van der Waals surface area contributed by atoms with Crippen LogP contribution < -0.4 is 0 Å². The molecule has 0 bridgehead atoms. The number of fused-ring (bicyclic) bond motifs is 2. The van der Waals surface area contributed by atoms with E-state index in [1.807, 2.05) is 18.2 Å². The van der Waals surface area contributed by atoms with Gasteiger partial charge < -0.3 is 9.64 Å². The Morgan fingerprint density at radius 3 is 2.85 bits per heavy atom. The average Bonchev–Trinajstić information content (AvgIpc) is 3.13. The van der Waals surface area contributed by atoms with E-state index in [1.165, 1.54) is 11.8 Å². The minimum Gasteiger partial charge on any atom is -0.469 e. The van der Waals surface area contributed by atoms with E-state index in [1.54, 1.807) is 11.3 Å². The van der Waals surface area contributed by atoms with E-state index in [0.717, 1.165) is 42.6 Å². The molecule has 2 heterocycles. The van der Waals surface area contributed by atoms with Gasteiger partial charge in [0, 0.05) is 25.4 Å². The summed E-state index contributed by atoms with van der Waals surface area (Å²) in [6.45, 7) is 0.666. The van der Waals surface area contributed by atoms with Gasteiger partial charge in [0.2, 0.25) is 5.91 Å². The van der Waals surface area contributed by atoms with Gasteiger partial charge in [-0.15, -0.1) is 11.3 Å². The highest BCUT2D eigenvalue weighted by Gasteiger charge is 2.44. The zero-order chi connectivity index (χ0) is 18.8. The van der Waals surface area contributed by atoms with Crippen LogP contribution in [0.3, 0.4) is 0 Å². The van der Waals surface area contributed by atoms with Crippen LogP contribution in [0.1, 0.15) is 43.5 Å². The fourth-order valence-corrected chi connectivity index (χ4v) is 5.76. The molecule has 0 radical (unpaired) electrons. The number of aromatic nitrogens is 1. The van der Waals surface area contributed by atoms with Crippen molar-refractivity contribution in [3.05, 3.63) is 29.3 Å². The smallest absolute Gasteiger partial charge is 0.309 e. The number of amides is 1. The van der Waals surface area contributed by atoms with Crippen molar-refractivity contribution < 1.29 is 14.3 Å². The van der Waals surface area contributed by atoms with Crippen molar-refractivity contribution in [3.63, 3.8) is 0 Å². The largest absolute Gasteiger partial charge is 0.469 e. The molecule has 3 atom stereocenters. The molecule has 1 aromatic carbocycles. The Hall–Kier alpha value is -1.95. The molecule has 144 valence electrons. The summed E-state index contributed by atoms with van der Waals surface area (Å²) < 4.78 is 6.19. The fourth-order valence-electron chi connectivity index (χ4n) is 4.79. The number of aryl methyl sites for hydroxylation is 1. The Balaban J connectivity index is 1.42. The minimum absolute atomic E-state index is 0.0476. The van der Waals surface area contributed by atoms with Gasteiger partial charge in [-0.2, -0.15) is 0 Å². The second kappa shape index (κ2) is 7.97. The number of hydrogen-bond donors (Lipinski definition) is 0. The Kier molecular flexibility index (Phi) is 5.43. The quantitative estimate of drug-likeness (QED) is 0.750. The molecule has 3 unspecified atom stereocenters. The molecule has 1 saturated heterocycles. The molecule has 2 aliphatic rings. The Labute approximate surface area is 163 Å². The maximum Gasteiger partial charge on any atom is 0.309 e. The lowest BCUT2D eigenvalue weighted by molar-refractivity contribution is -0.156. The lowest BCUT2D eigenvalue weighted by Gasteiger charge is -2.47. The van der Waals surface area contributed by atoms with Crippen molar-refractivity contribution in [3.8, 4) is 0 Å². The third-order valence-corrected chi connectivity index (χ3v) is 7.19. The van der Waals surface area contributed by atoms with Gasteiger partial charge in [0.1, 0.15) is 0 Å². The van der Waals surface area contributed by atoms with Gasteiger partial charge in [0.05, 0.1) is 28.3 Å². The van der Waals surface area contributed by atoms with Gasteiger partial charge in [-0.25, -0.2) is 4.98 Å². The van der Waals surface area contributed by atoms with Crippen LogP contribution in [-0.2, 0) is 20.7 Å². The first-order valence-corrected chi connectivity index (χ1v) is 10.7. The highest BCUT2D eigenvalue weighted by Crippen LogP contribution is 2.40. The molecular formula is C21H26N2O3S. The maximum atomic E-state index is 13.0. The van der Waals surface area contributed by atoms with E-state index in [4.69, 9.17) is 4.74 Å². The number of methoxy groups -OCH3 is 1. The number of likely N-dealkylation sites (tertiary alicyclic amines) is 1. The highest BCUT2D eigenvalue weighted by atomic mass is 32.1. The van der Waals surface area contributed by atoms with Crippen LogP contribution in [0.5, 0.6) is 0 Å². The Morgan fingerprint density at radius 1 is 1.22 bits per heavy atom. The first-order valence-electron chi connectivity index (χ1n) is 9.89. The zero-order valence-corrected chi connectivity index (χ0v) is 16.5. The van der Waals surface area contributed by atoms with E-state index < -0.39 is 0 Å². The lowest BCUT2D eigenvalue weighted by Crippen LogP contribution is -2.54. The molecule has 1 amide bonds. The predicted molar refractivity (Wildman–Crippen MR) is 106 cm³/mol. The minimum atomic E-state index is -0.103. The number of carbonyl (C=O) groups excluding carboxylic acids is 2. The average molecular weight is 387 g/mol. The summed E-state index contributed by atoms with van der Waals surface area (Å²) in [7, 11) is 1.47. The van der Waals surface area contributed by atoms with Crippen molar-refractivity contribution in [1.29, 1.82) is 0 Å². The first-order chi connectivity index (χ1) is 13.2. The number of para-hydroxylation sites is 1. The zero-order valence-electron chi connectivity index (χ0n) is 15.7. The predicted octanol–water partition coefficient (Wildman–Crippen LogP) is 3.81. The van der Waals surface area contributed by atoms with Crippen LogP contribution in [0.25, 0.3) is 10.2 Å². The summed E-state index contributed by atoms with van der Waals surface area (Å²) >= 11 is 1.67. The normalized spacial score (nSPS) is 25.2. The third kappa shape index (κ3) is 3.72. The third-order valence-electron chi connectivity index (χ3n) is 6.09. The molecule has 6 heteroatoms. The molecule has 4 rings (SSSR count). The number of esters is 1. The number of ether oxygens (including phenoxy) is 1. The fraction of sp³-hybridized carbons (Fsp3) is 0.571. The van der Waals surface area contributed by atoms with E-state index in [2.05, 4.69) is 16.0 Å². The summed E-state index contributed by atoms with van der Waals surface area (Å²) in [5.41, 5.74) is 1.01. The summed E-state index contributed by atoms with van der Waals surface area (Å²) in [6, 6.07) is 8.29. The van der Waals surface area contributed by atoms with E-state index in [9.17, 15) is 9.59 Å². The molecule has 27 heavy (non-hydrogen) atoms. The van der Waals surface area contributed by atoms with Gasteiger partial charge in [-0.05, 0) is 37.3 Å². The van der Waals surface area contributed by atoms with Gasteiger partial charge >= 0.3 is 5.97 Å². The Bertz CT molecular complexity index is 801. The van der Waals surface area contributed by atoms with Crippen LogP contribution in [-0.4, -0.2) is 41.5 Å². The second-order valence-electron chi connectivity index (χ2n) is 7.60. The van der Waals surface area contributed by atoms with E-state index >= 15 is 0 Å². The van der Waals surface area contributed by atoms with Crippen LogP contribution in [0.4, 0.5) is 0 Å². The van der Waals surface area contributed by atoms with Gasteiger partial charge in [-0.1, -0.05) is 25.0 Å². The van der Waals surface area contributed by atoms with Crippen molar-refractivity contribution in [2.24, 2.45) is 11.8 Å². The molecule has 5 nitrogen and oxygen atoms in total. The monoisotopic (exact) mass is 386 g/mol. The van der Waals surface area contributed by atoms with Gasteiger partial charge in [0.15, 0.2) is 0 Å². The summed E-state index contributed by atoms with van der Waals surface area (Å²) in [5.74, 6) is 0.308. The number of hydrogen-bond acceptors (Lipinski definition) is 5. The van der Waals surface area contributed by atoms with Crippen LogP contribution in [0.2, 0.25) is 0 Å². The topological polar surface area (TPSA) is 59.5 Å². The highest BCUT2D eigenvalue weighted by molar-refractivity contribution is 7.18. The summed E-state index contributed by atoms with van der Waals surface area (Å²) in [4.78, 5) is 31.8. The van der Waals surface area contributed by atoms with Gasteiger partial charge in [-0.3, -0.25) is 9.59 Å². The number of rotatable bonds is 4. The van der Waals surface area contributed by atoms with Crippen molar-refractivity contribution in [1.82, 2.24) is 9.88 Å². The molecule has 0 spiro atoms.